The highest BCUT2D eigenvalue weighted by Crippen LogP contribution is 2.41. The van der Waals surface area contributed by atoms with Gasteiger partial charge in [0.2, 0.25) is 5.69 Å². The third-order valence-corrected chi connectivity index (χ3v) is 5.92. The van der Waals surface area contributed by atoms with Crippen molar-refractivity contribution in [3.05, 3.63) is 89.1 Å². The Balaban J connectivity index is 1.93. The summed E-state index contributed by atoms with van der Waals surface area (Å²) in [5.41, 5.74) is 8.58. The van der Waals surface area contributed by atoms with Gasteiger partial charge >= 0.3 is 0 Å². The molecule has 0 radical (unpaired) electrons. The number of benzene rings is 3. The van der Waals surface area contributed by atoms with Crippen molar-refractivity contribution in [2.75, 3.05) is 0 Å². The van der Waals surface area contributed by atoms with Gasteiger partial charge in [0.1, 0.15) is 18.2 Å². The molecular formula is C28H26NO+. The van der Waals surface area contributed by atoms with Crippen molar-refractivity contribution in [3.63, 3.8) is 0 Å². The summed E-state index contributed by atoms with van der Waals surface area (Å²) >= 11 is 0. The number of para-hydroxylation sites is 1. The van der Waals surface area contributed by atoms with Crippen LogP contribution in [0.25, 0.3) is 44.3 Å². The molecule has 0 spiro atoms. The zero-order valence-corrected chi connectivity index (χ0v) is 17.7. The predicted octanol–water partition coefficient (Wildman–Crippen LogP) is 6.98. The van der Waals surface area contributed by atoms with E-state index in [-0.39, 0.29) is 0 Å². The Morgan fingerprint density at radius 1 is 0.800 bits per heavy atom. The third kappa shape index (κ3) is 2.75. The fraction of sp³-hybridized carbons (Fsp3) is 0.179. The molecule has 5 rings (SSSR count). The molecule has 0 bridgehead atoms. The molecule has 2 heterocycles. The van der Waals surface area contributed by atoms with Gasteiger partial charge in [0.25, 0.3) is 0 Å². The zero-order chi connectivity index (χ0) is 23.5. The van der Waals surface area contributed by atoms with Gasteiger partial charge in [-0.15, -0.1) is 0 Å². The topological polar surface area (TPSA) is 17.0 Å². The van der Waals surface area contributed by atoms with Gasteiger partial charge in [-0.25, -0.2) is 4.57 Å². The lowest BCUT2D eigenvalue weighted by atomic mass is 9.89. The van der Waals surface area contributed by atoms with Gasteiger partial charge < -0.3 is 4.42 Å². The summed E-state index contributed by atoms with van der Waals surface area (Å²) in [6, 6.07) is 20.1. The van der Waals surface area contributed by atoms with Crippen LogP contribution in [0.3, 0.4) is 0 Å². The van der Waals surface area contributed by atoms with E-state index in [0.717, 1.165) is 61.0 Å². The number of hydrogen-bond donors (Lipinski definition) is 0. The minimum absolute atomic E-state index is 0.377. The van der Waals surface area contributed by atoms with Crippen LogP contribution >= 0.6 is 0 Å². The quantitative estimate of drug-likeness (QED) is 0.295. The van der Waals surface area contributed by atoms with E-state index in [4.69, 9.17) is 8.53 Å². The van der Waals surface area contributed by atoms with Crippen LogP contribution in [-0.2, 0) is 7.05 Å². The smallest absolute Gasteiger partial charge is 0.224 e. The number of nitrogens with zero attached hydrogens (tertiary/aromatic N) is 1. The lowest BCUT2D eigenvalue weighted by molar-refractivity contribution is -0.659. The van der Waals surface area contributed by atoms with Crippen LogP contribution in [0.1, 0.15) is 26.4 Å². The van der Waals surface area contributed by atoms with Gasteiger partial charge in [-0.3, -0.25) is 0 Å². The molecule has 0 saturated heterocycles. The van der Waals surface area contributed by atoms with Crippen molar-refractivity contribution in [2.45, 2.75) is 27.6 Å². The maximum absolute atomic E-state index is 8.24. The Morgan fingerprint density at radius 2 is 1.60 bits per heavy atom. The van der Waals surface area contributed by atoms with E-state index in [0.29, 0.717) is 5.56 Å². The third-order valence-electron chi connectivity index (χ3n) is 5.92. The second-order valence-electron chi connectivity index (χ2n) is 8.12. The van der Waals surface area contributed by atoms with E-state index < -0.39 is 6.85 Å². The molecule has 30 heavy (non-hydrogen) atoms. The molecule has 2 heteroatoms. The maximum atomic E-state index is 8.24. The summed E-state index contributed by atoms with van der Waals surface area (Å²) in [6.07, 6.45) is 2.00. The molecule has 0 aliphatic carbocycles. The van der Waals surface area contributed by atoms with Crippen LogP contribution in [0, 0.1) is 27.6 Å². The highest BCUT2D eigenvalue weighted by atomic mass is 16.3. The minimum Gasteiger partial charge on any atom is -0.455 e. The summed E-state index contributed by atoms with van der Waals surface area (Å²) in [7, 11) is 2.00. The predicted molar refractivity (Wildman–Crippen MR) is 125 cm³/mol. The first-order chi connectivity index (χ1) is 15.7. The van der Waals surface area contributed by atoms with E-state index in [1.165, 1.54) is 0 Å². The van der Waals surface area contributed by atoms with Gasteiger partial charge in [-0.1, -0.05) is 48.0 Å². The molecule has 0 atom stereocenters. The molecule has 0 N–H and O–H groups in total. The number of aryl methyl sites for hydroxylation is 5. The Hall–Kier alpha value is -3.39. The molecule has 0 aliphatic heterocycles. The SMILES string of the molecule is [2H]C([2H])([2H])c1cc(C)cc(C)c1-c1ccc[n+](C)c1-c1c(C)ccc2c1oc1ccccc12. The molecule has 148 valence electrons. The van der Waals surface area contributed by atoms with Crippen LogP contribution in [0.2, 0.25) is 0 Å². The van der Waals surface area contributed by atoms with Gasteiger partial charge in [-0.05, 0) is 62.0 Å². The van der Waals surface area contributed by atoms with Gasteiger partial charge in [0, 0.05) is 21.0 Å². The van der Waals surface area contributed by atoms with E-state index in [1.807, 2.05) is 57.4 Å². The average Bonchev–Trinajstić information content (AvgIpc) is 3.12. The summed E-state index contributed by atoms with van der Waals surface area (Å²) in [5, 5.41) is 2.13. The van der Waals surface area contributed by atoms with Crippen molar-refractivity contribution in [2.24, 2.45) is 7.05 Å². The molecule has 2 aromatic heterocycles. The lowest BCUT2D eigenvalue weighted by Gasteiger charge is -2.15. The molecule has 5 aromatic rings. The molecule has 0 amide bonds. The van der Waals surface area contributed by atoms with Crippen molar-refractivity contribution in [1.82, 2.24) is 0 Å². The number of furan rings is 1. The Morgan fingerprint density at radius 3 is 2.43 bits per heavy atom. The standard InChI is InChI=1S/C28H26NO/c1-17-15-19(3)25(20(4)16-17)23-10-8-14-29(5)27(23)26-18(2)12-13-22-21-9-6-7-11-24(21)30-28(22)26/h6-16H,1-5H3/q+1/i3D3. The number of hydrogen-bond acceptors (Lipinski definition) is 1. The maximum Gasteiger partial charge on any atom is 0.224 e. The fourth-order valence-electron chi connectivity index (χ4n) is 4.63. The Kier molecular flexibility index (Phi) is 3.52. The van der Waals surface area contributed by atoms with E-state index in [9.17, 15) is 0 Å². The zero-order valence-electron chi connectivity index (χ0n) is 20.7. The normalized spacial score (nSPS) is 13.4. The van der Waals surface area contributed by atoms with Gasteiger partial charge in [-0.2, -0.15) is 0 Å². The minimum atomic E-state index is -2.22. The van der Waals surface area contributed by atoms with Crippen molar-refractivity contribution in [1.29, 1.82) is 0 Å². The Labute approximate surface area is 181 Å². The molecule has 0 unspecified atom stereocenters. The van der Waals surface area contributed by atoms with Crippen LogP contribution in [0.5, 0.6) is 0 Å². The first-order valence-electron chi connectivity index (χ1n) is 11.7. The van der Waals surface area contributed by atoms with E-state index >= 15 is 0 Å². The van der Waals surface area contributed by atoms with Crippen molar-refractivity contribution in [3.8, 4) is 22.4 Å². The summed E-state index contributed by atoms with van der Waals surface area (Å²) in [6.45, 7) is 3.78. The van der Waals surface area contributed by atoms with Gasteiger partial charge in [0.15, 0.2) is 6.20 Å². The molecule has 2 nitrogen and oxygen atoms in total. The summed E-state index contributed by atoms with van der Waals surface area (Å²) in [5.74, 6) is 0. The lowest BCUT2D eigenvalue weighted by Crippen LogP contribution is -2.31. The highest BCUT2D eigenvalue weighted by Gasteiger charge is 2.25. The summed E-state index contributed by atoms with van der Waals surface area (Å²) < 4.78 is 33.2. The second-order valence-corrected chi connectivity index (χ2v) is 8.12. The Bertz CT molecular complexity index is 1540. The first kappa shape index (κ1) is 15.4. The second kappa shape index (κ2) is 6.84. The van der Waals surface area contributed by atoms with Crippen LogP contribution in [-0.4, -0.2) is 0 Å². The number of rotatable bonds is 2. The van der Waals surface area contributed by atoms with Crippen LogP contribution in [0.15, 0.2) is 71.3 Å². The molecule has 0 saturated carbocycles. The molecule has 3 aromatic carbocycles. The molecular weight excluding hydrogens is 366 g/mol. The number of pyridine rings is 1. The van der Waals surface area contributed by atoms with Gasteiger partial charge in [0.05, 0.1) is 11.1 Å². The number of aromatic nitrogens is 1. The van der Waals surface area contributed by atoms with Crippen molar-refractivity contribution >= 4 is 21.9 Å². The van der Waals surface area contributed by atoms with E-state index in [1.54, 1.807) is 6.07 Å². The highest BCUT2D eigenvalue weighted by molar-refractivity contribution is 6.10. The van der Waals surface area contributed by atoms with Crippen molar-refractivity contribution < 1.29 is 13.1 Å². The number of fused-ring (bicyclic) bond motifs is 3. The first-order valence-corrected chi connectivity index (χ1v) is 10.2. The summed E-state index contributed by atoms with van der Waals surface area (Å²) in [4.78, 5) is 0. The van der Waals surface area contributed by atoms with Crippen LogP contribution in [0.4, 0.5) is 0 Å². The van der Waals surface area contributed by atoms with Crippen LogP contribution < -0.4 is 4.57 Å². The molecule has 0 aliphatic rings. The molecule has 0 fully saturated rings. The van der Waals surface area contributed by atoms with E-state index in [2.05, 4.69) is 35.8 Å². The average molecular weight is 396 g/mol. The largest absolute Gasteiger partial charge is 0.455 e. The monoisotopic (exact) mass is 395 g/mol. The fourth-order valence-corrected chi connectivity index (χ4v) is 4.63.